The quantitative estimate of drug-likeness (QED) is 0.142. The van der Waals surface area contributed by atoms with Gasteiger partial charge in [-0.1, -0.05) is 67.9 Å². The third-order valence-corrected chi connectivity index (χ3v) is 6.81. The molecule has 1 heterocycles. The summed E-state index contributed by atoms with van der Waals surface area (Å²) in [5, 5.41) is 7.77. The van der Waals surface area contributed by atoms with E-state index < -0.39 is 0 Å². The molecule has 0 bridgehead atoms. The van der Waals surface area contributed by atoms with Crippen molar-refractivity contribution in [2.45, 2.75) is 52.5 Å². The summed E-state index contributed by atoms with van der Waals surface area (Å²) < 4.78 is 10.4. The monoisotopic (exact) mass is 525 g/mol. The van der Waals surface area contributed by atoms with Crippen LogP contribution < -0.4 is 5.32 Å². The molecule has 0 spiro atoms. The summed E-state index contributed by atoms with van der Waals surface area (Å²) in [7, 11) is 0. The van der Waals surface area contributed by atoms with Crippen LogP contribution in [0.2, 0.25) is 0 Å². The number of nitrogens with zero attached hydrogens (tertiary/aromatic N) is 2. The molecule has 1 unspecified atom stereocenters. The molecule has 7 nitrogen and oxygen atoms in total. The largest absolute Gasteiger partial charge is 0.466 e. The Hall–Kier alpha value is -4.26. The summed E-state index contributed by atoms with van der Waals surface area (Å²) in [5.74, 6) is 1.18. The van der Waals surface area contributed by atoms with Crippen molar-refractivity contribution in [3.05, 3.63) is 90.0 Å². The van der Waals surface area contributed by atoms with E-state index in [2.05, 4.69) is 41.4 Å². The molecule has 0 aliphatic rings. The number of Topliss-reactive ketones (excluding diaryl/α,β-unsaturated/α-hetero) is 1. The highest BCUT2D eigenvalue weighted by molar-refractivity contribution is 5.96. The second kappa shape index (κ2) is 13.5. The predicted octanol–water partition coefficient (Wildman–Crippen LogP) is 7.52. The van der Waals surface area contributed by atoms with Crippen molar-refractivity contribution in [1.82, 2.24) is 10.1 Å². The molecule has 0 aliphatic carbocycles. The number of anilines is 1. The maximum atomic E-state index is 12.5. The van der Waals surface area contributed by atoms with Gasteiger partial charge in [0.25, 0.3) is 5.89 Å². The van der Waals surface area contributed by atoms with E-state index in [9.17, 15) is 9.59 Å². The van der Waals surface area contributed by atoms with Crippen LogP contribution in [0.15, 0.2) is 83.4 Å². The Morgan fingerprint density at radius 1 is 0.897 bits per heavy atom. The number of hydrogen-bond donors (Lipinski definition) is 1. The highest BCUT2D eigenvalue weighted by Gasteiger charge is 2.19. The lowest BCUT2D eigenvalue weighted by Crippen LogP contribution is -2.18. The molecule has 3 aromatic carbocycles. The van der Waals surface area contributed by atoms with Crippen molar-refractivity contribution in [3.8, 4) is 22.8 Å². The highest BCUT2D eigenvalue weighted by Crippen LogP contribution is 2.31. The lowest BCUT2D eigenvalue weighted by Gasteiger charge is -2.26. The number of carbonyl (C=O) groups excluding carboxylic acids is 2. The van der Waals surface area contributed by atoms with E-state index in [0.717, 1.165) is 28.8 Å². The second-order valence-corrected chi connectivity index (χ2v) is 9.58. The summed E-state index contributed by atoms with van der Waals surface area (Å²) >= 11 is 0. The summed E-state index contributed by atoms with van der Waals surface area (Å²) in [4.78, 5) is 28.6. The van der Waals surface area contributed by atoms with E-state index in [-0.39, 0.29) is 24.2 Å². The van der Waals surface area contributed by atoms with Crippen LogP contribution in [0.5, 0.6) is 0 Å². The Labute approximate surface area is 229 Å². The number of ether oxygens (including phenoxy) is 1. The second-order valence-electron chi connectivity index (χ2n) is 9.58. The van der Waals surface area contributed by atoms with Gasteiger partial charge in [-0.2, -0.15) is 4.98 Å². The molecule has 2 atom stereocenters. The maximum Gasteiger partial charge on any atom is 0.305 e. The van der Waals surface area contributed by atoms with Crippen LogP contribution in [-0.4, -0.2) is 28.5 Å². The van der Waals surface area contributed by atoms with Gasteiger partial charge in [0.15, 0.2) is 5.78 Å². The molecule has 0 amide bonds. The Balaban J connectivity index is 1.41. The van der Waals surface area contributed by atoms with Crippen molar-refractivity contribution >= 4 is 17.4 Å². The molecule has 0 aliphatic heterocycles. The smallest absolute Gasteiger partial charge is 0.305 e. The lowest BCUT2D eigenvalue weighted by molar-refractivity contribution is -0.143. The fraction of sp³-hybridized carbons (Fsp3) is 0.312. The number of nitrogens with one attached hydrogen (secondary N) is 1. The van der Waals surface area contributed by atoms with Gasteiger partial charge in [0, 0.05) is 35.2 Å². The molecular weight excluding hydrogens is 490 g/mol. The summed E-state index contributed by atoms with van der Waals surface area (Å²) in [6.45, 7) is 6.53. The Morgan fingerprint density at radius 3 is 2.28 bits per heavy atom. The predicted molar refractivity (Wildman–Crippen MR) is 152 cm³/mol. The van der Waals surface area contributed by atoms with Crippen LogP contribution in [0, 0.1) is 5.92 Å². The van der Waals surface area contributed by atoms with E-state index in [1.807, 2.05) is 66.7 Å². The molecular formula is C32H35N3O4. The Morgan fingerprint density at radius 2 is 1.62 bits per heavy atom. The van der Waals surface area contributed by atoms with Crippen LogP contribution in [-0.2, 0) is 9.53 Å². The van der Waals surface area contributed by atoms with Crippen LogP contribution in [0.4, 0.5) is 5.69 Å². The minimum atomic E-state index is -0.261. The third kappa shape index (κ3) is 7.41. The van der Waals surface area contributed by atoms with E-state index in [0.29, 0.717) is 42.6 Å². The normalized spacial score (nSPS) is 12.5. The first-order valence-electron chi connectivity index (χ1n) is 13.5. The standard InChI is InChI=1S/C32H35N3O4/c1-4-22(3)30(33-27-20-18-23(19-21-27)28(36)12-9-13-29(37)38-5-2)24-14-16-26(17-15-24)32-34-31(35-39-32)25-10-7-6-8-11-25/h6-8,10-11,14-22,30,33H,4-5,9,12-13H2,1-3H3/t22?,30-/m0/s1. The van der Waals surface area contributed by atoms with E-state index in [1.54, 1.807) is 6.92 Å². The van der Waals surface area contributed by atoms with Crippen molar-refractivity contribution in [1.29, 1.82) is 0 Å². The molecule has 0 saturated heterocycles. The molecule has 39 heavy (non-hydrogen) atoms. The number of ketones is 1. The highest BCUT2D eigenvalue weighted by atomic mass is 16.5. The zero-order valence-corrected chi connectivity index (χ0v) is 22.7. The Kier molecular flexibility index (Phi) is 9.62. The minimum absolute atomic E-state index is 0.0244. The number of hydrogen-bond acceptors (Lipinski definition) is 7. The molecule has 4 aromatic rings. The first kappa shape index (κ1) is 27.8. The molecule has 7 heteroatoms. The number of carbonyl (C=O) groups is 2. The number of benzene rings is 3. The SMILES string of the molecule is CCOC(=O)CCCC(=O)c1ccc(N[C@H](c2ccc(-c3nc(-c4ccccc4)no3)cc2)C(C)CC)cc1. The average Bonchev–Trinajstić information content (AvgIpc) is 3.47. The van der Waals surface area contributed by atoms with Gasteiger partial charge in [0.05, 0.1) is 12.6 Å². The maximum absolute atomic E-state index is 12.5. The third-order valence-electron chi connectivity index (χ3n) is 6.81. The number of aromatic nitrogens is 2. The molecule has 0 fully saturated rings. The van der Waals surface area contributed by atoms with Gasteiger partial charge in [0.1, 0.15) is 0 Å². The average molecular weight is 526 g/mol. The van der Waals surface area contributed by atoms with Crippen molar-refractivity contribution < 1.29 is 18.8 Å². The summed E-state index contributed by atoms with van der Waals surface area (Å²) in [6, 6.07) is 25.6. The summed E-state index contributed by atoms with van der Waals surface area (Å²) in [6.07, 6.45) is 2.07. The fourth-order valence-electron chi connectivity index (χ4n) is 4.37. The van der Waals surface area contributed by atoms with Gasteiger partial charge in [-0.15, -0.1) is 0 Å². The summed E-state index contributed by atoms with van der Waals surface area (Å²) in [5.41, 5.74) is 4.51. The topological polar surface area (TPSA) is 94.3 Å². The van der Waals surface area contributed by atoms with Crippen LogP contribution in [0.25, 0.3) is 22.8 Å². The first-order chi connectivity index (χ1) is 19.0. The first-order valence-corrected chi connectivity index (χ1v) is 13.5. The minimum Gasteiger partial charge on any atom is -0.466 e. The van der Waals surface area contributed by atoms with Crippen LogP contribution >= 0.6 is 0 Å². The van der Waals surface area contributed by atoms with Gasteiger partial charge < -0.3 is 14.6 Å². The molecule has 0 radical (unpaired) electrons. The van der Waals surface area contributed by atoms with Crippen molar-refractivity contribution in [3.63, 3.8) is 0 Å². The molecule has 202 valence electrons. The molecule has 1 N–H and O–H groups in total. The van der Waals surface area contributed by atoms with Crippen LogP contribution in [0.1, 0.15) is 68.4 Å². The van der Waals surface area contributed by atoms with Gasteiger partial charge in [-0.3, -0.25) is 9.59 Å². The van der Waals surface area contributed by atoms with E-state index in [4.69, 9.17) is 9.26 Å². The van der Waals surface area contributed by atoms with Crippen LogP contribution in [0.3, 0.4) is 0 Å². The fourth-order valence-corrected chi connectivity index (χ4v) is 4.37. The van der Waals surface area contributed by atoms with Gasteiger partial charge in [-0.05, 0) is 61.2 Å². The van der Waals surface area contributed by atoms with Crippen molar-refractivity contribution in [2.75, 3.05) is 11.9 Å². The molecule has 0 saturated carbocycles. The zero-order valence-electron chi connectivity index (χ0n) is 22.7. The molecule has 4 rings (SSSR count). The number of esters is 1. The molecule has 1 aromatic heterocycles. The van der Waals surface area contributed by atoms with E-state index >= 15 is 0 Å². The lowest BCUT2D eigenvalue weighted by atomic mass is 9.91. The van der Waals surface area contributed by atoms with Gasteiger partial charge in [-0.25, -0.2) is 0 Å². The zero-order chi connectivity index (χ0) is 27.6. The van der Waals surface area contributed by atoms with Gasteiger partial charge in [0.2, 0.25) is 5.82 Å². The Bertz CT molecular complexity index is 1350. The van der Waals surface area contributed by atoms with Crippen molar-refractivity contribution in [2.24, 2.45) is 5.92 Å². The van der Waals surface area contributed by atoms with Gasteiger partial charge >= 0.3 is 5.97 Å². The number of rotatable bonds is 13. The van der Waals surface area contributed by atoms with E-state index in [1.165, 1.54) is 0 Å².